The normalized spacial score (nSPS) is 20.1. The van der Waals surface area contributed by atoms with Crippen molar-refractivity contribution in [2.45, 2.75) is 50.5 Å². The van der Waals surface area contributed by atoms with Gasteiger partial charge in [0.25, 0.3) is 0 Å². The van der Waals surface area contributed by atoms with Crippen molar-refractivity contribution in [3.63, 3.8) is 0 Å². The van der Waals surface area contributed by atoms with Crippen LogP contribution in [0.1, 0.15) is 61.0 Å². The summed E-state index contributed by atoms with van der Waals surface area (Å²) in [7, 11) is 1.74. The summed E-state index contributed by atoms with van der Waals surface area (Å²) in [6.45, 7) is 5.52. The highest BCUT2D eigenvalue weighted by molar-refractivity contribution is 5.68. The van der Waals surface area contributed by atoms with E-state index in [0.29, 0.717) is 13.2 Å². The van der Waals surface area contributed by atoms with Gasteiger partial charge < -0.3 is 19.3 Å². The number of methoxy groups -OCH3 is 1. The van der Waals surface area contributed by atoms with E-state index in [2.05, 4.69) is 32.0 Å². The van der Waals surface area contributed by atoms with E-state index < -0.39 is 5.97 Å². The Hall–Kier alpha value is -2.53. The Morgan fingerprint density at radius 3 is 2.83 bits per heavy atom. The Morgan fingerprint density at radius 2 is 2.07 bits per heavy atom. The third-order valence-electron chi connectivity index (χ3n) is 6.01. The topological polar surface area (TPSA) is 65.0 Å². The van der Waals surface area contributed by atoms with Gasteiger partial charge in [0, 0.05) is 30.1 Å². The van der Waals surface area contributed by atoms with E-state index in [0.717, 1.165) is 29.9 Å². The van der Waals surface area contributed by atoms with Crippen LogP contribution in [0.2, 0.25) is 0 Å². The minimum atomic E-state index is -0.804. The first-order chi connectivity index (χ1) is 13.9. The van der Waals surface area contributed by atoms with E-state index in [4.69, 9.17) is 19.3 Å². The van der Waals surface area contributed by atoms with Crippen molar-refractivity contribution in [3.8, 4) is 11.5 Å². The van der Waals surface area contributed by atoms with Crippen molar-refractivity contribution >= 4 is 5.97 Å². The van der Waals surface area contributed by atoms with Gasteiger partial charge in [-0.15, -0.1) is 0 Å². The van der Waals surface area contributed by atoms with E-state index in [-0.39, 0.29) is 23.9 Å². The molecule has 0 radical (unpaired) electrons. The Kier molecular flexibility index (Phi) is 5.26. The van der Waals surface area contributed by atoms with Crippen molar-refractivity contribution in [1.29, 1.82) is 0 Å². The third-order valence-corrected chi connectivity index (χ3v) is 6.01. The second kappa shape index (κ2) is 7.71. The molecule has 154 valence electrons. The maximum atomic E-state index is 11.0. The summed E-state index contributed by atoms with van der Waals surface area (Å²) in [5, 5.41) is 9.06. The number of carboxylic acids is 1. The van der Waals surface area contributed by atoms with E-state index in [1.165, 1.54) is 16.7 Å². The summed E-state index contributed by atoms with van der Waals surface area (Å²) < 4.78 is 17.5. The number of hydrogen-bond acceptors (Lipinski definition) is 4. The first-order valence-corrected chi connectivity index (χ1v) is 10.2. The molecule has 0 aromatic heterocycles. The average Bonchev–Trinajstić information content (AvgIpc) is 3.25. The van der Waals surface area contributed by atoms with Crippen LogP contribution >= 0.6 is 0 Å². The Balaban J connectivity index is 1.54. The van der Waals surface area contributed by atoms with Gasteiger partial charge in [-0.3, -0.25) is 4.79 Å². The fourth-order valence-electron chi connectivity index (χ4n) is 4.69. The molecule has 2 aromatic rings. The van der Waals surface area contributed by atoms with Crippen molar-refractivity contribution in [2.24, 2.45) is 0 Å². The number of aliphatic carboxylic acids is 1. The summed E-state index contributed by atoms with van der Waals surface area (Å²) in [4.78, 5) is 11.0. The van der Waals surface area contributed by atoms with Crippen LogP contribution in [0, 0.1) is 0 Å². The van der Waals surface area contributed by atoms with Crippen LogP contribution < -0.4 is 9.47 Å². The van der Waals surface area contributed by atoms with Crippen LogP contribution in [-0.2, 0) is 21.4 Å². The molecule has 0 saturated carbocycles. The van der Waals surface area contributed by atoms with Crippen molar-refractivity contribution in [2.75, 3.05) is 20.3 Å². The first kappa shape index (κ1) is 19.8. The van der Waals surface area contributed by atoms with Gasteiger partial charge in [-0.2, -0.15) is 0 Å². The quantitative estimate of drug-likeness (QED) is 0.739. The van der Waals surface area contributed by atoms with Gasteiger partial charge in [0.05, 0.1) is 19.6 Å². The first-order valence-electron chi connectivity index (χ1n) is 10.2. The minimum absolute atomic E-state index is 0.0116. The number of carboxylic acid groups (broad SMARTS) is 1. The maximum Gasteiger partial charge on any atom is 0.304 e. The number of carbonyl (C=O) groups is 1. The highest BCUT2D eigenvalue weighted by atomic mass is 16.5. The Labute approximate surface area is 171 Å². The molecular formula is C24H28O5. The van der Waals surface area contributed by atoms with Crippen molar-refractivity contribution < 1.29 is 24.1 Å². The molecule has 0 bridgehead atoms. The molecule has 2 aromatic carbocycles. The number of fused-ring (bicyclic) bond motifs is 2. The zero-order valence-corrected chi connectivity index (χ0v) is 17.2. The number of benzene rings is 2. The summed E-state index contributed by atoms with van der Waals surface area (Å²) in [6.07, 6.45) is 2.03. The molecule has 29 heavy (non-hydrogen) atoms. The minimum Gasteiger partial charge on any atom is -0.492 e. The summed E-state index contributed by atoms with van der Waals surface area (Å²) >= 11 is 0. The van der Waals surface area contributed by atoms with Gasteiger partial charge in [0.15, 0.2) is 0 Å². The van der Waals surface area contributed by atoms with Crippen LogP contribution in [-0.4, -0.2) is 31.4 Å². The molecule has 4 rings (SSSR count). The van der Waals surface area contributed by atoms with Crippen LogP contribution in [0.5, 0.6) is 11.5 Å². The lowest BCUT2D eigenvalue weighted by Crippen LogP contribution is -2.25. The molecule has 0 amide bonds. The van der Waals surface area contributed by atoms with Gasteiger partial charge in [-0.1, -0.05) is 38.1 Å². The molecule has 0 spiro atoms. The lowest BCUT2D eigenvalue weighted by molar-refractivity contribution is -0.137. The standard InChI is InChI=1S/C24H28O5/c1-24(2,14-27-3)20-6-4-5-19-18(20)9-10-21(19)29-16-7-8-17-15(11-23(25)26)13-28-22(17)12-16/h4-8,12,15,21H,9-11,13-14H2,1-3H3,(H,25,26)/t15?,21-/m1/s1. The molecule has 5 heteroatoms. The van der Waals surface area contributed by atoms with Crippen molar-refractivity contribution in [1.82, 2.24) is 0 Å². The largest absolute Gasteiger partial charge is 0.492 e. The molecule has 1 heterocycles. The van der Waals surface area contributed by atoms with Gasteiger partial charge >= 0.3 is 5.97 Å². The molecule has 1 aliphatic heterocycles. The average molecular weight is 396 g/mol. The van der Waals surface area contributed by atoms with Crippen molar-refractivity contribution in [3.05, 3.63) is 58.7 Å². The zero-order chi connectivity index (χ0) is 20.6. The fourth-order valence-corrected chi connectivity index (χ4v) is 4.69. The lowest BCUT2D eigenvalue weighted by Gasteiger charge is -2.27. The third kappa shape index (κ3) is 3.84. The highest BCUT2D eigenvalue weighted by Gasteiger charge is 2.32. The van der Waals surface area contributed by atoms with Gasteiger partial charge in [-0.05, 0) is 35.6 Å². The van der Waals surface area contributed by atoms with E-state index in [1.54, 1.807) is 7.11 Å². The Morgan fingerprint density at radius 1 is 1.24 bits per heavy atom. The molecule has 2 atom stereocenters. The number of hydrogen-bond donors (Lipinski definition) is 1. The van der Waals surface area contributed by atoms with Gasteiger partial charge in [-0.25, -0.2) is 0 Å². The van der Waals surface area contributed by atoms with Gasteiger partial charge in [0.1, 0.15) is 17.6 Å². The molecule has 5 nitrogen and oxygen atoms in total. The lowest BCUT2D eigenvalue weighted by atomic mass is 9.81. The molecule has 2 aliphatic rings. The predicted molar refractivity (Wildman–Crippen MR) is 110 cm³/mol. The number of ether oxygens (including phenoxy) is 3. The smallest absolute Gasteiger partial charge is 0.304 e. The second-order valence-electron chi connectivity index (χ2n) is 8.64. The SMILES string of the molecule is COCC(C)(C)c1cccc2c1CC[C@H]2Oc1ccc2c(c1)OCC2CC(=O)O. The van der Waals surface area contributed by atoms with E-state index in [1.807, 2.05) is 18.2 Å². The second-order valence-corrected chi connectivity index (χ2v) is 8.64. The fraction of sp³-hybridized carbons (Fsp3) is 0.458. The summed E-state index contributed by atoms with van der Waals surface area (Å²) in [5.41, 5.74) is 4.86. The molecule has 1 aliphatic carbocycles. The molecule has 0 fully saturated rings. The van der Waals surface area contributed by atoms with Crippen LogP contribution in [0.3, 0.4) is 0 Å². The molecule has 0 saturated heterocycles. The summed E-state index contributed by atoms with van der Waals surface area (Å²) in [5.74, 6) is 0.608. The molecule has 1 N–H and O–H groups in total. The summed E-state index contributed by atoms with van der Waals surface area (Å²) in [6, 6.07) is 12.2. The Bertz CT molecular complexity index is 917. The van der Waals surface area contributed by atoms with E-state index in [9.17, 15) is 4.79 Å². The predicted octanol–water partition coefficient (Wildman–Crippen LogP) is 4.63. The molecule has 1 unspecified atom stereocenters. The monoisotopic (exact) mass is 396 g/mol. The van der Waals surface area contributed by atoms with Crippen LogP contribution in [0.4, 0.5) is 0 Å². The number of rotatable bonds is 7. The molecular weight excluding hydrogens is 368 g/mol. The maximum absolute atomic E-state index is 11.0. The van der Waals surface area contributed by atoms with Crippen LogP contribution in [0.15, 0.2) is 36.4 Å². The zero-order valence-electron chi connectivity index (χ0n) is 17.2. The van der Waals surface area contributed by atoms with Crippen LogP contribution in [0.25, 0.3) is 0 Å². The highest BCUT2D eigenvalue weighted by Crippen LogP contribution is 2.43. The van der Waals surface area contributed by atoms with Gasteiger partial charge in [0.2, 0.25) is 0 Å². The van der Waals surface area contributed by atoms with E-state index >= 15 is 0 Å².